The van der Waals surface area contributed by atoms with Crippen LogP contribution in [0.15, 0.2) is 24.3 Å². The molecular formula is C14H15NO5. The van der Waals surface area contributed by atoms with Crippen LogP contribution in [0, 0.1) is 0 Å². The fourth-order valence-corrected chi connectivity index (χ4v) is 2.25. The van der Waals surface area contributed by atoms with Crippen LogP contribution in [0.2, 0.25) is 0 Å². The summed E-state index contributed by atoms with van der Waals surface area (Å²) in [6, 6.07) is 7.15. The molecule has 1 aliphatic heterocycles. The maximum atomic E-state index is 12.4. The van der Waals surface area contributed by atoms with Crippen LogP contribution in [-0.2, 0) is 9.59 Å². The number of ether oxygens (including phenoxy) is 2. The lowest BCUT2D eigenvalue weighted by Crippen LogP contribution is -2.49. The van der Waals surface area contributed by atoms with Crippen molar-refractivity contribution in [3.8, 4) is 11.5 Å². The van der Waals surface area contributed by atoms with E-state index in [-0.39, 0.29) is 25.1 Å². The number of carbonyl (C=O) groups is 2. The molecule has 0 aromatic heterocycles. The van der Waals surface area contributed by atoms with E-state index in [0.29, 0.717) is 11.5 Å². The average molecular weight is 277 g/mol. The second kappa shape index (κ2) is 5.03. The second-order valence-electron chi connectivity index (χ2n) is 4.96. The number of para-hydroxylation sites is 2. The Kier molecular flexibility index (Phi) is 3.22. The van der Waals surface area contributed by atoms with Crippen LogP contribution in [0.3, 0.4) is 0 Å². The molecule has 6 nitrogen and oxygen atoms in total. The third-order valence-corrected chi connectivity index (χ3v) is 3.36. The van der Waals surface area contributed by atoms with Crippen molar-refractivity contribution in [1.29, 1.82) is 0 Å². The molecule has 1 N–H and O–H groups in total. The molecule has 1 aliphatic carbocycles. The molecule has 20 heavy (non-hydrogen) atoms. The SMILES string of the molecule is O=C(O)CN(C(=O)C1COc2ccccc2O1)C1CC1. The van der Waals surface area contributed by atoms with Crippen molar-refractivity contribution in [2.75, 3.05) is 13.2 Å². The minimum atomic E-state index is -1.01. The van der Waals surface area contributed by atoms with Crippen LogP contribution in [0.5, 0.6) is 11.5 Å². The van der Waals surface area contributed by atoms with Gasteiger partial charge in [0.15, 0.2) is 11.5 Å². The third kappa shape index (κ3) is 2.54. The molecule has 2 aliphatic rings. The molecule has 1 aromatic rings. The van der Waals surface area contributed by atoms with E-state index in [0.717, 1.165) is 12.8 Å². The number of fused-ring (bicyclic) bond motifs is 1. The van der Waals surface area contributed by atoms with Crippen molar-refractivity contribution in [3.05, 3.63) is 24.3 Å². The first-order chi connectivity index (χ1) is 9.65. The maximum absolute atomic E-state index is 12.4. The number of hydrogen-bond acceptors (Lipinski definition) is 4. The number of rotatable bonds is 4. The van der Waals surface area contributed by atoms with Gasteiger partial charge in [-0.1, -0.05) is 12.1 Å². The summed E-state index contributed by atoms with van der Waals surface area (Å²) < 4.78 is 11.1. The van der Waals surface area contributed by atoms with Crippen LogP contribution in [-0.4, -0.2) is 47.2 Å². The average Bonchev–Trinajstić information content (AvgIpc) is 3.28. The topological polar surface area (TPSA) is 76.1 Å². The normalized spacial score (nSPS) is 20.3. The molecule has 0 saturated heterocycles. The Morgan fingerprint density at radius 3 is 2.60 bits per heavy atom. The Morgan fingerprint density at radius 2 is 1.95 bits per heavy atom. The van der Waals surface area contributed by atoms with Crippen molar-refractivity contribution >= 4 is 11.9 Å². The monoisotopic (exact) mass is 277 g/mol. The Balaban J connectivity index is 1.72. The van der Waals surface area contributed by atoms with E-state index in [1.54, 1.807) is 18.2 Å². The second-order valence-corrected chi connectivity index (χ2v) is 4.96. The first-order valence-corrected chi connectivity index (χ1v) is 6.56. The molecule has 0 radical (unpaired) electrons. The van der Waals surface area contributed by atoms with Gasteiger partial charge in [0.1, 0.15) is 13.2 Å². The van der Waals surface area contributed by atoms with Crippen LogP contribution in [0.1, 0.15) is 12.8 Å². The quantitative estimate of drug-likeness (QED) is 0.885. The number of carboxylic acid groups (broad SMARTS) is 1. The van der Waals surface area contributed by atoms with E-state index in [4.69, 9.17) is 14.6 Å². The Labute approximate surface area is 115 Å². The molecule has 0 bridgehead atoms. The van der Waals surface area contributed by atoms with Crippen molar-refractivity contribution in [1.82, 2.24) is 4.90 Å². The van der Waals surface area contributed by atoms with Gasteiger partial charge in [-0.25, -0.2) is 0 Å². The highest BCUT2D eigenvalue weighted by Crippen LogP contribution is 2.33. The minimum absolute atomic E-state index is 0.0272. The van der Waals surface area contributed by atoms with Crippen LogP contribution < -0.4 is 9.47 Å². The minimum Gasteiger partial charge on any atom is -0.485 e. The summed E-state index contributed by atoms with van der Waals surface area (Å²) >= 11 is 0. The molecule has 1 amide bonds. The summed E-state index contributed by atoms with van der Waals surface area (Å²) in [6.45, 7) is -0.177. The number of amides is 1. The molecular weight excluding hydrogens is 262 g/mol. The van der Waals surface area contributed by atoms with E-state index in [2.05, 4.69) is 0 Å². The molecule has 1 fully saturated rings. The van der Waals surface area contributed by atoms with Gasteiger partial charge >= 0.3 is 5.97 Å². The number of nitrogens with zero attached hydrogens (tertiary/aromatic N) is 1. The summed E-state index contributed by atoms with van der Waals surface area (Å²) in [7, 11) is 0. The fraction of sp³-hybridized carbons (Fsp3) is 0.429. The van der Waals surface area contributed by atoms with Gasteiger partial charge in [0.25, 0.3) is 5.91 Å². The lowest BCUT2D eigenvalue weighted by Gasteiger charge is -2.30. The Morgan fingerprint density at radius 1 is 1.25 bits per heavy atom. The fourth-order valence-electron chi connectivity index (χ4n) is 2.25. The zero-order valence-corrected chi connectivity index (χ0v) is 10.8. The first kappa shape index (κ1) is 12.8. The molecule has 1 heterocycles. The number of aliphatic carboxylic acids is 1. The van der Waals surface area contributed by atoms with E-state index in [1.165, 1.54) is 4.90 Å². The Hall–Kier alpha value is -2.24. The number of carbonyl (C=O) groups excluding carboxylic acids is 1. The molecule has 106 valence electrons. The molecule has 6 heteroatoms. The first-order valence-electron chi connectivity index (χ1n) is 6.56. The Bertz CT molecular complexity index is 540. The van der Waals surface area contributed by atoms with E-state index >= 15 is 0 Å². The van der Waals surface area contributed by atoms with Crippen molar-refractivity contribution < 1.29 is 24.2 Å². The predicted molar refractivity (Wildman–Crippen MR) is 68.7 cm³/mol. The van der Waals surface area contributed by atoms with Crippen LogP contribution in [0.25, 0.3) is 0 Å². The van der Waals surface area contributed by atoms with Gasteiger partial charge < -0.3 is 19.5 Å². The smallest absolute Gasteiger partial charge is 0.323 e. The lowest BCUT2D eigenvalue weighted by atomic mass is 10.2. The number of benzene rings is 1. The van der Waals surface area contributed by atoms with Gasteiger partial charge in [-0.05, 0) is 25.0 Å². The number of carboxylic acids is 1. The third-order valence-electron chi connectivity index (χ3n) is 3.36. The highest BCUT2D eigenvalue weighted by molar-refractivity contribution is 5.86. The lowest BCUT2D eigenvalue weighted by molar-refractivity contribution is -0.149. The van der Waals surface area contributed by atoms with Gasteiger partial charge in [-0.2, -0.15) is 0 Å². The molecule has 1 atom stereocenters. The molecule has 0 spiro atoms. The van der Waals surface area contributed by atoms with Gasteiger partial charge in [0.05, 0.1) is 0 Å². The molecule has 1 unspecified atom stereocenters. The van der Waals surface area contributed by atoms with Crippen LogP contribution in [0.4, 0.5) is 0 Å². The van der Waals surface area contributed by atoms with Gasteiger partial charge in [-0.15, -0.1) is 0 Å². The summed E-state index contributed by atoms with van der Waals surface area (Å²) in [4.78, 5) is 24.6. The van der Waals surface area contributed by atoms with Gasteiger partial charge in [-0.3, -0.25) is 9.59 Å². The predicted octanol–water partition coefficient (Wildman–Crippen LogP) is 0.902. The van der Waals surface area contributed by atoms with Crippen LogP contribution >= 0.6 is 0 Å². The summed E-state index contributed by atoms with van der Waals surface area (Å²) in [5, 5.41) is 8.90. The largest absolute Gasteiger partial charge is 0.485 e. The van der Waals surface area contributed by atoms with Crippen molar-refractivity contribution in [2.24, 2.45) is 0 Å². The molecule has 1 aromatic carbocycles. The van der Waals surface area contributed by atoms with Crippen molar-refractivity contribution in [3.63, 3.8) is 0 Å². The standard InChI is InChI=1S/C14H15NO5/c16-13(17)7-15(9-5-6-9)14(18)12-8-19-10-3-1-2-4-11(10)20-12/h1-4,9,12H,5-8H2,(H,16,17). The van der Waals surface area contributed by atoms with E-state index in [1.807, 2.05) is 6.07 Å². The van der Waals surface area contributed by atoms with Crippen molar-refractivity contribution in [2.45, 2.75) is 25.0 Å². The van der Waals surface area contributed by atoms with Gasteiger partial charge in [0, 0.05) is 6.04 Å². The molecule has 3 rings (SSSR count). The zero-order chi connectivity index (χ0) is 14.1. The maximum Gasteiger partial charge on any atom is 0.323 e. The summed E-state index contributed by atoms with van der Waals surface area (Å²) in [5.41, 5.74) is 0. The number of hydrogen-bond donors (Lipinski definition) is 1. The highest BCUT2D eigenvalue weighted by atomic mass is 16.6. The van der Waals surface area contributed by atoms with Gasteiger partial charge in [0.2, 0.25) is 6.10 Å². The summed E-state index contributed by atoms with van der Waals surface area (Å²) in [6.07, 6.45) is 0.927. The van der Waals surface area contributed by atoms with E-state index in [9.17, 15) is 9.59 Å². The zero-order valence-electron chi connectivity index (χ0n) is 10.8. The molecule has 1 saturated carbocycles. The summed E-state index contributed by atoms with van der Waals surface area (Å²) in [5.74, 6) is -0.206. The van der Waals surface area contributed by atoms with E-state index < -0.39 is 12.1 Å². The highest BCUT2D eigenvalue weighted by Gasteiger charge is 2.39.